The van der Waals surface area contributed by atoms with E-state index in [2.05, 4.69) is 14.6 Å². The van der Waals surface area contributed by atoms with Crippen molar-refractivity contribution in [3.8, 4) is 0 Å². The lowest BCUT2D eigenvalue weighted by atomic mass is 10.1. The predicted octanol–water partition coefficient (Wildman–Crippen LogP) is 1.93. The summed E-state index contributed by atoms with van der Waals surface area (Å²) in [6.45, 7) is 5.66. The molecule has 1 aromatic heterocycles. The first kappa shape index (κ1) is 11.3. The van der Waals surface area contributed by atoms with E-state index in [0.29, 0.717) is 5.82 Å². The van der Waals surface area contributed by atoms with E-state index in [1.54, 1.807) is 0 Å². The lowest BCUT2D eigenvalue weighted by molar-refractivity contribution is 0.316. The van der Waals surface area contributed by atoms with Crippen LogP contribution >= 0.6 is 11.5 Å². The molecule has 2 fully saturated rings. The summed E-state index contributed by atoms with van der Waals surface area (Å²) in [6, 6.07) is 0.917. The SMILES string of the molecule is Cc1c(N)nsc1NCC1CCN(C2CC2)C1. The molecule has 1 aliphatic carbocycles. The summed E-state index contributed by atoms with van der Waals surface area (Å²) in [6.07, 6.45) is 4.17. The second-order valence-corrected chi connectivity index (χ2v) is 6.06. The zero-order valence-corrected chi connectivity index (χ0v) is 11.1. The molecule has 5 heteroatoms. The van der Waals surface area contributed by atoms with Crippen LogP contribution in [0.3, 0.4) is 0 Å². The van der Waals surface area contributed by atoms with Gasteiger partial charge < -0.3 is 16.0 Å². The molecule has 1 aromatic rings. The zero-order valence-electron chi connectivity index (χ0n) is 10.3. The Morgan fingerprint density at radius 3 is 2.94 bits per heavy atom. The van der Waals surface area contributed by atoms with Crippen LogP contribution in [0, 0.1) is 12.8 Å². The molecule has 1 atom stereocenters. The van der Waals surface area contributed by atoms with Crippen molar-refractivity contribution in [2.75, 3.05) is 30.7 Å². The Morgan fingerprint density at radius 1 is 1.47 bits per heavy atom. The lowest BCUT2D eigenvalue weighted by Crippen LogP contribution is -2.24. The van der Waals surface area contributed by atoms with Crippen molar-refractivity contribution in [1.29, 1.82) is 0 Å². The van der Waals surface area contributed by atoms with Gasteiger partial charge in [-0.1, -0.05) is 0 Å². The first-order chi connectivity index (χ1) is 8.24. The van der Waals surface area contributed by atoms with E-state index in [1.807, 2.05) is 6.92 Å². The van der Waals surface area contributed by atoms with E-state index in [4.69, 9.17) is 5.73 Å². The molecule has 2 aliphatic rings. The molecule has 4 nitrogen and oxygen atoms in total. The second kappa shape index (κ2) is 4.46. The van der Waals surface area contributed by atoms with Gasteiger partial charge in [-0.2, -0.15) is 4.37 Å². The van der Waals surface area contributed by atoms with Crippen molar-refractivity contribution >= 4 is 22.4 Å². The summed E-state index contributed by atoms with van der Waals surface area (Å²) in [5.41, 5.74) is 6.85. The highest BCUT2D eigenvalue weighted by molar-refractivity contribution is 7.10. The van der Waals surface area contributed by atoms with Gasteiger partial charge in [0.2, 0.25) is 0 Å². The Balaban J connectivity index is 1.50. The zero-order chi connectivity index (χ0) is 11.8. The molecule has 3 rings (SSSR count). The fraction of sp³-hybridized carbons (Fsp3) is 0.750. The minimum atomic E-state index is 0.670. The Bertz CT molecular complexity index is 399. The van der Waals surface area contributed by atoms with Gasteiger partial charge in [0.1, 0.15) is 10.8 Å². The summed E-state index contributed by atoms with van der Waals surface area (Å²) in [5, 5.41) is 4.65. The van der Waals surface area contributed by atoms with Crippen LogP contribution in [0.15, 0.2) is 0 Å². The van der Waals surface area contributed by atoms with Gasteiger partial charge in [-0.15, -0.1) is 0 Å². The van der Waals surface area contributed by atoms with Gasteiger partial charge in [0.25, 0.3) is 0 Å². The molecular formula is C12H20N4S. The van der Waals surface area contributed by atoms with E-state index >= 15 is 0 Å². The first-order valence-corrected chi connectivity index (χ1v) is 7.21. The number of nitrogens with two attached hydrogens (primary N) is 1. The first-order valence-electron chi connectivity index (χ1n) is 6.43. The fourth-order valence-corrected chi connectivity index (χ4v) is 3.27. The maximum atomic E-state index is 5.75. The summed E-state index contributed by atoms with van der Waals surface area (Å²) >= 11 is 1.48. The predicted molar refractivity (Wildman–Crippen MR) is 72.5 cm³/mol. The van der Waals surface area contributed by atoms with Crippen LogP contribution in [0.5, 0.6) is 0 Å². The fourth-order valence-electron chi connectivity index (χ4n) is 2.55. The average Bonchev–Trinajstić information content (AvgIpc) is 3.00. The summed E-state index contributed by atoms with van der Waals surface area (Å²) in [4.78, 5) is 2.65. The van der Waals surface area contributed by atoms with Crippen LogP contribution in [0.1, 0.15) is 24.8 Å². The molecule has 94 valence electrons. The molecule has 0 spiro atoms. The molecule has 1 unspecified atom stereocenters. The molecule has 2 heterocycles. The lowest BCUT2D eigenvalue weighted by Gasteiger charge is -2.15. The summed E-state index contributed by atoms with van der Waals surface area (Å²) < 4.78 is 4.16. The Labute approximate surface area is 106 Å². The van der Waals surface area contributed by atoms with Gasteiger partial charge in [0.15, 0.2) is 0 Å². The van der Waals surface area contributed by atoms with Crippen LogP contribution in [0.25, 0.3) is 0 Å². The second-order valence-electron chi connectivity index (χ2n) is 5.28. The number of hydrogen-bond acceptors (Lipinski definition) is 5. The maximum Gasteiger partial charge on any atom is 0.142 e. The highest BCUT2D eigenvalue weighted by atomic mass is 32.1. The van der Waals surface area contributed by atoms with E-state index in [1.165, 1.54) is 43.9 Å². The normalized spacial score (nSPS) is 25.4. The molecule has 1 saturated heterocycles. The van der Waals surface area contributed by atoms with Gasteiger partial charge in [-0.25, -0.2) is 0 Å². The van der Waals surface area contributed by atoms with Crippen LogP contribution < -0.4 is 11.1 Å². The van der Waals surface area contributed by atoms with Crippen LogP contribution in [-0.4, -0.2) is 34.9 Å². The number of hydrogen-bond donors (Lipinski definition) is 2. The van der Waals surface area contributed by atoms with Gasteiger partial charge in [0.05, 0.1) is 0 Å². The quantitative estimate of drug-likeness (QED) is 0.860. The number of aromatic nitrogens is 1. The van der Waals surface area contributed by atoms with Crippen LogP contribution in [0.2, 0.25) is 0 Å². The van der Waals surface area contributed by atoms with Crippen molar-refractivity contribution in [2.45, 2.75) is 32.2 Å². The van der Waals surface area contributed by atoms with Crippen molar-refractivity contribution in [3.63, 3.8) is 0 Å². The number of nitrogens with one attached hydrogen (secondary N) is 1. The summed E-state index contributed by atoms with van der Waals surface area (Å²) in [7, 11) is 0. The largest absolute Gasteiger partial charge is 0.383 e. The highest BCUT2D eigenvalue weighted by Crippen LogP contribution is 2.32. The molecule has 0 aromatic carbocycles. The van der Waals surface area contributed by atoms with Gasteiger partial charge in [-0.05, 0) is 50.2 Å². The number of anilines is 2. The molecule has 1 aliphatic heterocycles. The van der Waals surface area contributed by atoms with Crippen LogP contribution in [0.4, 0.5) is 10.8 Å². The van der Waals surface area contributed by atoms with Crippen molar-refractivity contribution in [3.05, 3.63) is 5.56 Å². The van der Waals surface area contributed by atoms with Gasteiger partial charge >= 0.3 is 0 Å². The number of likely N-dealkylation sites (tertiary alicyclic amines) is 1. The molecule has 0 radical (unpaired) electrons. The molecular weight excluding hydrogens is 232 g/mol. The van der Waals surface area contributed by atoms with Gasteiger partial charge in [-0.3, -0.25) is 0 Å². The third-order valence-corrected chi connectivity index (χ3v) is 4.81. The monoisotopic (exact) mass is 252 g/mol. The number of nitrogens with zero attached hydrogens (tertiary/aromatic N) is 2. The molecule has 0 bridgehead atoms. The number of nitrogen functional groups attached to an aromatic ring is 1. The Morgan fingerprint density at radius 2 is 2.29 bits per heavy atom. The van der Waals surface area contributed by atoms with E-state index < -0.39 is 0 Å². The van der Waals surface area contributed by atoms with E-state index in [9.17, 15) is 0 Å². The van der Waals surface area contributed by atoms with E-state index in [0.717, 1.165) is 29.1 Å². The Kier molecular flexibility index (Phi) is 2.96. The van der Waals surface area contributed by atoms with Crippen molar-refractivity contribution in [1.82, 2.24) is 9.27 Å². The Hall–Kier alpha value is -0.810. The van der Waals surface area contributed by atoms with Gasteiger partial charge in [0, 0.05) is 24.7 Å². The smallest absolute Gasteiger partial charge is 0.142 e. The molecule has 1 saturated carbocycles. The summed E-state index contributed by atoms with van der Waals surface area (Å²) in [5.74, 6) is 1.46. The minimum absolute atomic E-state index is 0.670. The topological polar surface area (TPSA) is 54.2 Å². The molecule has 17 heavy (non-hydrogen) atoms. The third-order valence-electron chi connectivity index (χ3n) is 3.89. The molecule has 3 N–H and O–H groups in total. The van der Waals surface area contributed by atoms with Crippen molar-refractivity contribution in [2.24, 2.45) is 5.92 Å². The molecule has 0 amide bonds. The maximum absolute atomic E-state index is 5.75. The standard InChI is InChI=1S/C12H20N4S/c1-8-11(13)15-17-12(8)14-6-9-4-5-16(7-9)10-2-3-10/h9-10,14H,2-7H2,1H3,(H2,13,15). The van der Waals surface area contributed by atoms with Crippen molar-refractivity contribution < 1.29 is 0 Å². The van der Waals surface area contributed by atoms with Crippen LogP contribution in [-0.2, 0) is 0 Å². The minimum Gasteiger partial charge on any atom is -0.383 e. The number of rotatable bonds is 4. The third kappa shape index (κ3) is 2.40. The highest BCUT2D eigenvalue weighted by Gasteiger charge is 2.34. The van der Waals surface area contributed by atoms with E-state index in [-0.39, 0.29) is 0 Å². The average molecular weight is 252 g/mol.